The van der Waals surface area contributed by atoms with Crippen LogP contribution in [0, 0.1) is 16.4 Å². The van der Waals surface area contributed by atoms with Crippen molar-refractivity contribution in [3.8, 4) is 11.4 Å². The van der Waals surface area contributed by atoms with Crippen LogP contribution in [0.5, 0.6) is 0 Å². The van der Waals surface area contributed by atoms with E-state index in [9.17, 15) is 8.78 Å². The Kier molecular flexibility index (Phi) is 3.11. The lowest BCUT2D eigenvalue weighted by atomic mass is 10.3. The number of para-hydroxylation sites is 2. The van der Waals surface area contributed by atoms with Crippen LogP contribution in [0.25, 0.3) is 11.4 Å². The highest BCUT2D eigenvalue weighted by molar-refractivity contribution is 7.71. The number of hydrogen-bond acceptors (Lipinski definition) is 2. The lowest BCUT2D eigenvalue weighted by molar-refractivity contribution is -0.736. The predicted octanol–water partition coefficient (Wildman–Crippen LogP) is 2.48. The van der Waals surface area contributed by atoms with Gasteiger partial charge in [-0.2, -0.15) is 0 Å². The van der Waals surface area contributed by atoms with Gasteiger partial charge < -0.3 is 0 Å². The molecule has 0 saturated heterocycles. The Morgan fingerprint density at radius 2 is 1.65 bits per heavy atom. The average molecular weight is 291 g/mol. The van der Waals surface area contributed by atoms with Gasteiger partial charge in [0.05, 0.1) is 0 Å². The van der Waals surface area contributed by atoms with E-state index in [1.165, 1.54) is 27.8 Å². The molecule has 4 nitrogen and oxygen atoms in total. The summed E-state index contributed by atoms with van der Waals surface area (Å²) in [5.74, 6) is -0.953. The van der Waals surface area contributed by atoms with Crippen molar-refractivity contribution in [1.29, 1.82) is 0 Å². The highest BCUT2D eigenvalue weighted by atomic mass is 32.1. The first-order chi connectivity index (χ1) is 9.66. The fraction of sp³-hybridized carbons (Fsp3) is 0. The lowest BCUT2D eigenvalue weighted by Crippen LogP contribution is -2.44. The first kappa shape index (κ1) is 12.6. The van der Waals surface area contributed by atoms with Crippen LogP contribution in [0.3, 0.4) is 0 Å². The molecule has 1 N–H and O–H groups in total. The normalized spacial score (nSPS) is 10.7. The molecule has 0 aliphatic heterocycles. The van der Waals surface area contributed by atoms with Crippen molar-refractivity contribution >= 4 is 12.2 Å². The van der Waals surface area contributed by atoms with Crippen LogP contribution in [0.15, 0.2) is 48.5 Å². The number of H-pyrrole nitrogens is 1. The molecule has 0 aliphatic rings. The Hall–Kier alpha value is -2.41. The number of benzene rings is 2. The van der Waals surface area contributed by atoms with Gasteiger partial charge in [0.15, 0.2) is 17.3 Å². The number of tetrazole rings is 1. The maximum absolute atomic E-state index is 13.9. The molecule has 0 bridgehead atoms. The SMILES string of the molecule is Fc1ccccc1-n1[nH]c(=S)n[n+]1-c1ccccc1F. The minimum absolute atomic E-state index is 0.122. The van der Waals surface area contributed by atoms with Crippen molar-refractivity contribution in [3.05, 3.63) is 64.9 Å². The molecule has 100 valence electrons. The molecule has 3 aromatic rings. The summed E-state index contributed by atoms with van der Waals surface area (Å²) in [6.45, 7) is 0. The van der Waals surface area contributed by atoms with E-state index in [-0.39, 0.29) is 16.1 Å². The summed E-state index contributed by atoms with van der Waals surface area (Å²) in [5, 5.41) is 6.70. The highest BCUT2D eigenvalue weighted by Gasteiger charge is 2.20. The fourth-order valence-corrected chi connectivity index (χ4v) is 2.02. The Bertz CT molecular complexity index is 759. The molecule has 3 rings (SSSR count). The van der Waals surface area contributed by atoms with E-state index in [0.29, 0.717) is 0 Å². The Balaban J connectivity index is 2.27. The van der Waals surface area contributed by atoms with Gasteiger partial charge in [0.2, 0.25) is 5.69 Å². The predicted molar refractivity (Wildman–Crippen MR) is 70.2 cm³/mol. The summed E-state index contributed by atoms with van der Waals surface area (Å²) in [4.78, 5) is 2.45. The molecule has 20 heavy (non-hydrogen) atoms. The number of aromatic nitrogens is 4. The minimum atomic E-state index is -0.482. The summed E-state index contributed by atoms with van der Waals surface area (Å²) in [5.41, 5.74) is 0.363. The molecule has 0 aliphatic carbocycles. The third-order valence-electron chi connectivity index (χ3n) is 2.73. The zero-order valence-corrected chi connectivity index (χ0v) is 10.9. The zero-order valence-electron chi connectivity index (χ0n) is 10.1. The zero-order chi connectivity index (χ0) is 14.1. The maximum atomic E-state index is 13.9. The van der Waals surface area contributed by atoms with Gasteiger partial charge in [0, 0.05) is 5.10 Å². The summed E-state index contributed by atoms with van der Waals surface area (Å²) >= 11 is 4.95. The van der Waals surface area contributed by atoms with Crippen LogP contribution < -0.4 is 4.80 Å². The van der Waals surface area contributed by atoms with Gasteiger partial charge in [0.1, 0.15) is 0 Å². The van der Waals surface area contributed by atoms with Crippen LogP contribution in [0.4, 0.5) is 8.78 Å². The summed E-state index contributed by atoms with van der Waals surface area (Å²) in [6, 6.07) is 12.1. The van der Waals surface area contributed by atoms with Crippen molar-refractivity contribution in [2.24, 2.45) is 0 Å². The van der Waals surface area contributed by atoms with E-state index < -0.39 is 11.6 Å². The minimum Gasteiger partial charge on any atom is -0.204 e. The van der Waals surface area contributed by atoms with Crippen molar-refractivity contribution in [2.75, 3.05) is 0 Å². The van der Waals surface area contributed by atoms with E-state index in [1.807, 2.05) is 0 Å². The van der Waals surface area contributed by atoms with Gasteiger partial charge in [-0.3, -0.25) is 0 Å². The van der Waals surface area contributed by atoms with Gasteiger partial charge in [-0.1, -0.05) is 24.3 Å². The van der Waals surface area contributed by atoms with Gasteiger partial charge in [-0.05, 0) is 46.1 Å². The van der Waals surface area contributed by atoms with E-state index in [1.54, 1.807) is 30.3 Å². The molecule has 1 heterocycles. The number of nitrogens with zero attached hydrogens (tertiary/aromatic N) is 3. The number of rotatable bonds is 2. The summed E-state index contributed by atoms with van der Waals surface area (Å²) in [6.07, 6.45) is 0. The highest BCUT2D eigenvalue weighted by Crippen LogP contribution is 2.11. The largest absolute Gasteiger partial charge is 0.345 e. The monoisotopic (exact) mass is 291 g/mol. The second-order valence-corrected chi connectivity index (χ2v) is 4.41. The van der Waals surface area contributed by atoms with E-state index >= 15 is 0 Å². The van der Waals surface area contributed by atoms with E-state index in [2.05, 4.69) is 10.2 Å². The summed E-state index contributed by atoms with van der Waals surface area (Å²) in [7, 11) is 0. The average Bonchev–Trinajstić information content (AvgIpc) is 2.81. The van der Waals surface area contributed by atoms with Gasteiger partial charge in [0.25, 0.3) is 0 Å². The number of aromatic amines is 1. The molecule has 7 heteroatoms. The lowest BCUT2D eigenvalue weighted by Gasteiger charge is -2.02. The van der Waals surface area contributed by atoms with E-state index in [0.717, 1.165) is 0 Å². The van der Waals surface area contributed by atoms with Gasteiger partial charge >= 0.3 is 4.77 Å². The third-order valence-corrected chi connectivity index (χ3v) is 2.90. The molecule has 0 saturated carbocycles. The molecule has 2 aromatic carbocycles. The molecule has 0 amide bonds. The number of hydrogen-bond donors (Lipinski definition) is 1. The van der Waals surface area contributed by atoms with Crippen LogP contribution in [0.1, 0.15) is 0 Å². The smallest absolute Gasteiger partial charge is 0.204 e. The van der Waals surface area contributed by atoms with Crippen molar-refractivity contribution in [2.45, 2.75) is 0 Å². The Morgan fingerprint density at radius 3 is 2.35 bits per heavy atom. The first-order valence-corrected chi connectivity index (χ1v) is 6.19. The topological polar surface area (TPSA) is 37.5 Å². The van der Waals surface area contributed by atoms with E-state index in [4.69, 9.17) is 12.2 Å². The third kappa shape index (κ3) is 2.12. The molecule has 0 fully saturated rings. The quantitative estimate of drug-likeness (QED) is 0.582. The number of halogens is 2. The van der Waals surface area contributed by atoms with Crippen LogP contribution in [0.2, 0.25) is 0 Å². The summed E-state index contributed by atoms with van der Waals surface area (Å²) < 4.78 is 27.9. The van der Waals surface area contributed by atoms with Crippen molar-refractivity contribution in [1.82, 2.24) is 15.0 Å². The van der Waals surface area contributed by atoms with Crippen LogP contribution in [-0.4, -0.2) is 15.0 Å². The van der Waals surface area contributed by atoms with Crippen molar-refractivity contribution in [3.63, 3.8) is 0 Å². The second-order valence-electron chi connectivity index (χ2n) is 4.02. The van der Waals surface area contributed by atoms with Crippen LogP contribution in [-0.2, 0) is 0 Å². The van der Waals surface area contributed by atoms with Gasteiger partial charge in [-0.15, -0.1) is 5.10 Å². The molecule has 0 radical (unpaired) electrons. The maximum Gasteiger partial charge on any atom is 0.345 e. The molecule has 1 aromatic heterocycles. The standard InChI is InChI=1S/C13H8F2N4S/c14-9-5-1-3-7-11(9)18-16-13(20)17-19(18)12-8-4-2-6-10(12)15/h1-8H/p+1. The Labute approximate surface area is 117 Å². The van der Waals surface area contributed by atoms with Gasteiger partial charge in [-0.25, -0.2) is 8.78 Å². The fourth-order valence-electron chi connectivity index (χ4n) is 1.85. The molecule has 0 unspecified atom stereocenters. The number of nitrogens with one attached hydrogen (secondary N) is 1. The van der Waals surface area contributed by atoms with Crippen LogP contribution >= 0.6 is 12.2 Å². The molecular formula is C13H9F2N4S+. The van der Waals surface area contributed by atoms with Crippen molar-refractivity contribution < 1.29 is 13.6 Å². The first-order valence-electron chi connectivity index (χ1n) is 5.78. The molecule has 0 spiro atoms. The second kappa shape index (κ2) is 4.93. The molecular weight excluding hydrogens is 282 g/mol. The molecule has 0 atom stereocenters. The Morgan fingerprint density at radius 1 is 1.00 bits per heavy atom.